The zero-order valence-corrected chi connectivity index (χ0v) is 13.6. The lowest BCUT2D eigenvalue weighted by molar-refractivity contribution is -0.142. The van der Waals surface area contributed by atoms with E-state index in [0.717, 1.165) is 17.7 Å². The van der Waals surface area contributed by atoms with Gasteiger partial charge < -0.3 is 14.2 Å². The molecule has 1 aromatic rings. The van der Waals surface area contributed by atoms with Crippen molar-refractivity contribution in [2.75, 3.05) is 19.8 Å². The Labute approximate surface area is 136 Å². The van der Waals surface area contributed by atoms with Crippen molar-refractivity contribution in [3.63, 3.8) is 0 Å². The van der Waals surface area contributed by atoms with Crippen LogP contribution >= 0.6 is 0 Å². The molecular formula is C18H23FO4. The fourth-order valence-corrected chi connectivity index (χ4v) is 2.21. The van der Waals surface area contributed by atoms with E-state index in [-0.39, 0.29) is 24.0 Å². The molecule has 0 aliphatic carbocycles. The summed E-state index contributed by atoms with van der Waals surface area (Å²) >= 11 is 0. The van der Waals surface area contributed by atoms with Crippen molar-refractivity contribution < 1.29 is 23.4 Å². The van der Waals surface area contributed by atoms with Gasteiger partial charge in [0.05, 0.1) is 25.9 Å². The fourth-order valence-electron chi connectivity index (χ4n) is 2.21. The lowest BCUT2D eigenvalue weighted by Gasteiger charge is -2.15. The smallest absolute Gasteiger partial charge is 0.306 e. The van der Waals surface area contributed by atoms with Crippen LogP contribution in [0, 0.1) is 5.82 Å². The third kappa shape index (κ3) is 6.12. The van der Waals surface area contributed by atoms with E-state index in [1.807, 2.05) is 19.1 Å². The highest BCUT2D eigenvalue weighted by Crippen LogP contribution is 2.25. The quantitative estimate of drug-likeness (QED) is 0.514. The normalized spacial score (nSPS) is 18.1. The van der Waals surface area contributed by atoms with Crippen LogP contribution in [0.2, 0.25) is 0 Å². The van der Waals surface area contributed by atoms with Crippen molar-refractivity contribution in [1.29, 1.82) is 0 Å². The maximum Gasteiger partial charge on any atom is 0.306 e. The van der Waals surface area contributed by atoms with Crippen molar-refractivity contribution in [3.05, 3.63) is 41.2 Å². The molecule has 0 aromatic heterocycles. The first-order valence-electron chi connectivity index (χ1n) is 7.95. The van der Waals surface area contributed by atoms with Gasteiger partial charge in [-0.2, -0.15) is 0 Å². The third-order valence-electron chi connectivity index (χ3n) is 3.54. The minimum Gasteiger partial charge on any atom is -0.466 e. The van der Waals surface area contributed by atoms with Gasteiger partial charge >= 0.3 is 5.97 Å². The lowest BCUT2D eigenvalue weighted by atomic mass is 10.0. The zero-order valence-electron chi connectivity index (χ0n) is 13.6. The molecule has 2 rings (SSSR count). The maximum atomic E-state index is 13.5. The lowest BCUT2D eigenvalue weighted by Crippen LogP contribution is -2.07. The van der Waals surface area contributed by atoms with Crippen LogP contribution in [0.4, 0.5) is 4.39 Å². The Hall–Kier alpha value is -1.72. The molecule has 0 radical (unpaired) electrons. The van der Waals surface area contributed by atoms with E-state index in [2.05, 4.69) is 0 Å². The molecule has 23 heavy (non-hydrogen) atoms. The minimum absolute atomic E-state index is 0.149. The largest absolute Gasteiger partial charge is 0.466 e. The van der Waals surface area contributed by atoms with Crippen LogP contribution in [0.3, 0.4) is 0 Å². The number of halogens is 1. The molecule has 4 nitrogen and oxygen atoms in total. The molecule has 1 aliphatic rings. The van der Waals surface area contributed by atoms with Gasteiger partial charge in [0.15, 0.2) is 0 Å². The van der Waals surface area contributed by atoms with Gasteiger partial charge in [-0.05, 0) is 43.5 Å². The molecular weight excluding hydrogens is 299 g/mol. The van der Waals surface area contributed by atoms with Crippen LogP contribution in [0.1, 0.15) is 43.9 Å². The molecule has 0 saturated carbocycles. The van der Waals surface area contributed by atoms with Crippen LogP contribution in [-0.2, 0) is 19.0 Å². The topological polar surface area (TPSA) is 48.1 Å². The summed E-state index contributed by atoms with van der Waals surface area (Å²) in [6.45, 7) is 5.39. The molecule has 5 heteroatoms. The molecule has 2 atom stereocenters. The number of hydrogen-bond donors (Lipinski definition) is 0. The highest BCUT2D eigenvalue weighted by atomic mass is 19.1. The number of allylic oxidation sites excluding steroid dienone is 1. The fraction of sp³-hybridized carbons (Fsp3) is 0.500. The number of epoxide rings is 1. The number of ether oxygens (including phenoxy) is 3. The van der Waals surface area contributed by atoms with Crippen molar-refractivity contribution >= 4 is 12.0 Å². The molecule has 0 amide bonds. The summed E-state index contributed by atoms with van der Waals surface area (Å²) in [6.07, 6.45) is 4.60. The average Bonchev–Trinajstić information content (AvgIpc) is 3.34. The Balaban J connectivity index is 1.95. The monoisotopic (exact) mass is 322 g/mol. The number of carbonyl (C=O) groups is 1. The first kappa shape index (κ1) is 17.6. The summed E-state index contributed by atoms with van der Waals surface area (Å²) in [5.41, 5.74) is 1.68. The van der Waals surface area contributed by atoms with E-state index in [9.17, 15) is 9.18 Å². The number of esters is 1. The summed E-state index contributed by atoms with van der Waals surface area (Å²) in [4.78, 5) is 11.3. The number of benzene rings is 1. The average molecular weight is 322 g/mol. The van der Waals surface area contributed by atoms with E-state index in [0.29, 0.717) is 26.1 Å². The minimum atomic E-state index is -0.295. The molecule has 0 bridgehead atoms. The Morgan fingerprint density at radius 3 is 3.00 bits per heavy atom. The van der Waals surface area contributed by atoms with Crippen LogP contribution in [0.25, 0.3) is 6.08 Å². The first-order valence-corrected chi connectivity index (χ1v) is 7.95. The van der Waals surface area contributed by atoms with Crippen LogP contribution < -0.4 is 0 Å². The van der Waals surface area contributed by atoms with Gasteiger partial charge in [0.2, 0.25) is 0 Å². The second-order valence-electron chi connectivity index (χ2n) is 5.45. The molecule has 0 spiro atoms. The third-order valence-corrected chi connectivity index (χ3v) is 3.54. The highest BCUT2D eigenvalue weighted by molar-refractivity contribution is 5.69. The maximum absolute atomic E-state index is 13.5. The Bertz CT molecular complexity index is 552. The Morgan fingerprint density at radius 1 is 1.52 bits per heavy atom. The van der Waals surface area contributed by atoms with E-state index in [1.54, 1.807) is 13.0 Å². The summed E-state index contributed by atoms with van der Waals surface area (Å²) in [7, 11) is 0. The molecule has 1 aromatic carbocycles. The second-order valence-corrected chi connectivity index (χ2v) is 5.45. The molecule has 1 fully saturated rings. The Kier molecular flexibility index (Phi) is 6.74. The van der Waals surface area contributed by atoms with E-state index in [1.165, 1.54) is 12.1 Å². The molecule has 1 unspecified atom stereocenters. The molecule has 0 N–H and O–H groups in total. The number of carbonyl (C=O) groups excluding carboxylic acids is 1. The van der Waals surface area contributed by atoms with Gasteiger partial charge in [0.1, 0.15) is 11.9 Å². The number of rotatable bonds is 9. The van der Waals surface area contributed by atoms with Crippen molar-refractivity contribution in [2.24, 2.45) is 0 Å². The van der Waals surface area contributed by atoms with Gasteiger partial charge in [0.25, 0.3) is 0 Å². The molecule has 126 valence electrons. The van der Waals surface area contributed by atoms with Gasteiger partial charge in [-0.15, -0.1) is 0 Å². The summed E-state index contributed by atoms with van der Waals surface area (Å²) < 4.78 is 29.3. The van der Waals surface area contributed by atoms with Crippen molar-refractivity contribution in [1.82, 2.24) is 0 Å². The van der Waals surface area contributed by atoms with Gasteiger partial charge in [-0.25, -0.2) is 4.39 Å². The summed E-state index contributed by atoms with van der Waals surface area (Å²) in [5, 5.41) is 0. The predicted molar refractivity (Wildman–Crippen MR) is 85.4 cm³/mol. The van der Waals surface area contributed by atoms with Crippen LogP contribution in [0.5, 0.6) is 0 Å². The van der Waals surface area contributed by atoms with E-state index in [4.69, 9.17) is 14.2 Å². The zero-order chi connectivity index (χ0) is 16.7. The predicted octanol–water partition coefficient (Wildman–Crippen LogP) is 3.66. The molecule has 1 aliphatic heterocycles. The second kappa shape index (κ2) is 8.79. The van der Waals surface area contributed by atoms with Gasteiger partial charge in [0, 0.05) is 6.42 Å². The highest BCUT2D eigenvalue weighted by Gasteiger charge is 2.24. The first-order chi connectivity index (χ1) is 11.1. The van der Waals surface area contributed by atoms with Crippen molar-refractivity contribution in [3.8, 4) is 0 Å². The molecule has 1 saturated heterocycles. The SMILES string of the molecule is CCOC(=O)CC/C=C/c1cc(F)ccc1[C@@H](C)OCC1CO1. The summed E-state index contributed by atoms with van der Waals surface area (Å²) in [5.74, 6) is -0.519. The summed E-state index contributed by atoms with van der Waals surface area (Å²) in [6, 6.07) is 4.64. The van der Waals surface area contributed by atoms with Gasteiger partial charge in [-0.3, -0.25) is 4.79 Å². The van der Waals surface area contributed by atoms with Crippen molar-refractivity contribution in [2.45, 2.75) is 38.9 Å². The molecule has 1 heterocycles. The standard InChI is InChI=1S/C18H23FO4/c1-3-21-18(20)7-5-4-6-14-10-15(19)8-9-17(14)13(2)22-11-16-12-23-16/h4,6,8-10,13,16H,3,5,7,11-12H2,1-2H3/b6-4+/t13-,16?/m1/s1. The van der Waals surface area contributed by atoms with E-state index < -0.39 is 0 Å². The number of hydrogen-bond acceptors (Lipinski definition) is 4. The van der Waals surface area contributed by atoms with E-state index >= 15 is 0 Å². The van der Waals surface area contributed by atoms with Crippen LogP contribution in [-0.4, -0.2) is 31.9 Å². The van der Waals surface area contributed by atoms with Crippen LogP contribution in [0.15, 0.2) is 24.3 Å². The Morgan fingerprint density at radius 2 is 2.30 bits per heavy atom. The van der Waals surface area contributed by atoms with Gasteiger partial charge in [-0.1, -0.05) is 18.2 Å².